The van der Waals surface area contributed by atoms with Crippen molar-refractivity contribution in [3.63, 3.8) is 0 Å². The minimum atomic E-state index is 0.126. The molecule has 0 aliphatic heterocycles. The number of fused-ring (bicyclic) bond motifs is 1. The Kier molecular flexibility index (Phi) is 3.20. The summed E-state index contributed by atoms with van der Waals surface area (Å²) in [6, 6.07) is 13.3. The zero-order valence-electron chi connectivity index (χ0n) is 10.9. The summed E-state index contributed by atoms with van der Waals surface area (Å²) in [5.41, 5.74) is 3.35. The molecule has 0 unspecified atom stereocenters. The molecular formula is C16H13ClN2O. The lowest BCUT2D eigenvalue weighted by molar-refractivity contribution is 0.457. The molecule has 20 heavy (non-hydrogen) atoms. The highest BCUT2D eigenvalue weighted by atomic mass is 35.5. The lowest BCUT2D eigenvalue weighted by Gasteiger charge is -1.99. The highest BCUT2D eigenvalue weighted by Gasteiger charge is 2.07. The highest BCUT2D eigenvalue weighted by molar-refractivity contribution is 6.31. The average Bonchev–Trinajstić information content (AvgIpc) is 2.76. The van der Waals surface area contributed by atoms with Crippen molar-refractivity contribution in [1.29, 1.82) is 0 Å². The normalized spacial score (nSPS) is 11.5. The Balaban J connectivity index is 2.02. The van der Waals surface area contributed by atoms with Crippen LogP contribution in [0.25, 0.3) is 10.9 Å². The van der Waals surface area contributed by atoms with Crippen LogP contribution in [0.5, 0.6) is 5.88 Å². The first-order valence-corrected chi connectivity index (χ1v) is 6.63. The van der Waals surface area contributed by atoms with Gasteiger partial charge in [-0.15, -0.1) is 0 Å². The van der Waals surface area contributed by atoms with Gasteiger partial charge in [0, 0.05) is 22.1 Å². The second-order valence-electron chi connectivity index (χ2n) is 4.62. The van der Waals surface area contributed by atoms with E-state index < -0.39 is 0 Å². The maximum Gasteiger partial charge on any atom is 0.198 e. The standard InChI is InChI=1S/C16H13ClN2O/c1-10-8-11(6-7-14(10)17)18-9-13-12-4-2-3-5-15(12)19-16(13)20/h2-9,19-20H,1H3. The summed E-state index contributed by atoms with van der Waals surface area (Å²) in [6.45, 7) is 1.94. The number of hydrogen-bond donors (Lipinski definition) is 2. The Hall–Kier alpha value is -2.26. The van der Waals surface area contributed by atoms with E-state index in [1.807, 2.05) is 49.4 Å². The topological polar surface area (TPSA) is 48.4 Å². The van der Waals surface area contributed by atoms with Crippen molar-refractivity contribution in [2.45, 2.75) is 6.92 Å². The van der Waals surface area contributed by atoms with Crippen molar-refractivity contribution < 1.29 is 5.11 Å². The minimum absolute atomic E-state index is 0.126. The van der Waals surface area contributed by atoms with Gasteiger partial charge < -0.3 is 10.1 Å². The zero-order chi connectivity index (χ0) is 14.1. The van der Waals surface area contributed by atoms with Crippen LogP contribution in [0.1, 0.15) is 11.1 Å². The minimum Gasteiger partial charge on any atom is -0.494 e. The summed E-state index contributed by atoms with van der Waals surface area (Å²) < 4.78 is 0. The fourth-order valence-corrected chi connectivity index (χ4v) is 2.25. The second-order valence-corrected chi connectivity index (χ2v) is 5.03. The average molecular weight is 285 g/mol. The molecule has 0 fully saturated rings. The zero-order valence-corrected chi connectivity index (χ0v) is 11.6. The van der Waals surface area contributed by atoms with Gasteiger partial charge in [0.1, 0.15) is 0 Å². The van der Waals surface area contributed by atoms with E-state index >= 15 is 0 Å². The lowest BCUT2D eigenvalue weighted by atomic mass is 10.2. The summed E-state index contributed by atoms with van der Waals surface area (Å²) in [4.78, 5) is 7.32. The molecule has 1 aromatic heterocycles. The molecule has 100 valence electrons. The maximum atomic E-state index is 9.94. The molecule has 0 amide bonds. The van der Waals surface area contributed by atoms with Gasteiger partial charge >= 0.3 is 0 Å². The van der Waals surface area contributed by atoms with E-state index in [1.165, 1.54) is 0 Å². The molecule has 3 nitrogen and oxygen atoms in total. The molecule has 2 aromatic carbocycles. The fourth-order valence-electron chi connectivity index (χ4n) is 2.13. The largest absolute Gasteiger partial charge is 0.494 e. The Morgan fingerprint density at radius 1 is 1.20 bits per heavy atom. The Labute approximate surface area is 121 Å². The number of nitrogens with zero attached hydrogens (tertiary/aromatic N) is 1. The van der Waals surface area contributed by atoms with Crippen molar-refractivity contribution in [3.05, 3.63) is 58.6 Å². The number of halogens is 1. The molecule has 0 spiro atoms. The van der Waals surface area contributed by atoms with Crippen LogP contribution in [0.2, 0.25) is 5.02 Å². The number of rotatable bonds is 2. The summed E-state index contributed by atoms with van der Waals surface area (Å²) in [5.74, 6) is 0.126. The molecule has 0 saturated carbocycles. The summed E-state index contributed by atoms with van der Waals surface area (Å²) in [6.07, 6.45) is 1.66. The number of aromatic hydroxyl groups is 1. The predicted octanol–water partition coefficient (Wildman–Crippen LogP) is 4.59. The van der Waals surface area contributed by atoms with E-state index in [0.29, 0.717) is 5.56 Å². The number of benzene rings is 2. The molecule has 0 aliphatic carbocycles. The molecule has 0 aliphatic rings. The predicted molar refractivity (Wildman–Crippen MR) is 83.4 cm³/mol. The van der Waals surface area contributed by atoms with E-state index in [9.17, 15) is 5.11 Å². The number of nitrogens with one attached hydrogen (secondary N) is 1. The molecule has 3 aromatic rings. The van der Waals surface area contributed by atoms with E-state index in [-0.39, 0.29) is 5.88 Å². The third-order valence-electron chi connectivity index (χ3n) is 3.21. The van der Waals surface area contributed by atoms with Crippen LogP contribution < -0.4 is 0 Å². The smallest absolute Gasteiger partial charge is 0.198 e. The number of H-pyrrole nitrogens is 1. The van der Waals surface area contributed by atoms with E-state index in [0.717, 1.165) is 27.2 Å². The second kappa shape index (κ2) is 5.02. The maximum absolute atomic E-state index is 9.94. The Morgan fingerprint density at radius 2 is 2.00 bits per heavy atom. The van der Waals surface area contributed by atoms with Gasteiger partial charge in [-0.05, 0) is 36.8 Å². The van der Waals surface area contributed by atoms with Gasteiger partial charge in [-0.2, -0.15) is 0 Å². The number of hydrogen-bond acceptors (Lipinski definition) is 2. The van der Waals surface area contributed by atoms with Crippen molar-refractivity contribution in [3.8, 4) is 5.88 Å². The van der Waals surface area contributed by atoms with E-state index in [1.54, 1.807) is 6.21 Å². The van der Waals surface area contributed by atoms with Crippen LogP contribution in [-0.2, 0) is 0 Å². The first kappa shape index (κ1) is 12.8. The first-order valence-electron chi connectivity index (χ1n) is 6.25. The summed E-state index contributed by atoms with van der Waals surface area (Å²) in [5, 5.41) is 11.6. The molecule has 0 radical (unpaired) electrons. The van der Waals surface area contributed by atoms with Crippen LogP contribution in [0.15, 0.2) is 47.5 Å². The molecule has 1 heterocycles. The van der Waals surface area contributed by atoms with Crippen molar-refractivity contribution in [2.75, 3.05) is 0 Å². The SMILES string of the molecule is Cc1cc(N=Cc2c(O)[nH]c3ccccc23)ccc1Cl. The molecule has 0 atom stereocenters. The first-order chi connectivity index (χ1) is 9.65. The number of aliphatic imine (C=N–C) groups is 1. The van der Waals surface area contributed by atoms with Gasteiger partial charge in [-0.1, -0.05) is 29.8 Å². The van der Waals surface area contributed by atoms with Crippen molar-refractivity contribution in [1.82, 2.24) is 4.98 Å². The van der Waals surface area contributed by atoms with Crippen LogP contribution in [0.4, 0.5) is 5.69 Å². The molecule has 0 saturated heterocycles. The molecular weight excluding hydrogens is 272 g/mol. The fraction of sp³-hybridized carbons (Fsp3) is 0.0625. The van der Waals surface area contributed by atoms with E-state index in [2.05, 4.69) is 9.98 Å². The highest BCUT2D eigenvalue weighted by Crippen LogP contribution is 2.26. The molecule has 4 heteroatoms. The van der Waals surface area contributed by atoms with Gasteiger partial charge in [-0.25, -0.2) is 0 Å². The Bertz CT molecular complexity index is 805. The molecule has 0 bridgehead atoms. The van der Waals surface area contributed by atoms with Crippen molar-refractivity contribution >= 4 is 34.4 Å². The van der Waals surface area contributed by atoms with E-state index in [4.69, 9.17) is 11.6 Å². The van der Waals surface area contributed by atoms with Crippen molar-refractivity contribution in [2.24, 2.45) is 4.99 Å². The van der Waals surface area contributed by atoms with Gasteiger partial charge in [0.05, 0.1) is 11.3 Å². The van der Waals surface area contributed by atoms with Gasteiger partial charge in [0.15, 0.2) is 5.88 Å². The quantitative estimate of drug-likeness (QED) is 0.665. The van der Waals surface area contributed by atoms with Crippen LogP contribution in [0.3, 0.4) is 0 Å². The van der Waals surface area contributed by atoms with Crippen LogP contribution in [-0.4, -0.2) is 16.3 Å². The monoisotopic (exact) mass is 284 g/mol. The molecule has 2 N–H and O–H groups in total. The third kappa shape index (κ3) is 2.28. The summed E-state index contributed by atoms with van der Waals surface area (Å²) in [7, 11) is 0. The van der Waals surface area contributed by atoms with Gasteiger partial charge in [-0.3, -0.25) is 4.99 Å². The number of aromatic amines is 1. The van der Waals surface area contributed by atoms with Gasteiger partial charge in [0.2, 0.25) is 0 Å². The Morgan fingerprint density at radius 3 is 2.80 bits per heavy atom. The lowest BCUT2D eigenvalue weighted by Crippen LogP contribution is -1.80. The van der Waals surface area contributed by atoms with Crippen LogP contribution >= 0.6 is 11.6 Å². The number of aryl methyl sites for hydroxylation is 1. The number of para-hydroxylation sites is 1. The molecule has 3 rings (SSSR count). The number of aromatic nitrogens is 1. The third-order valence-corrected chi connectivity index (χ3v) is 3.63. The summed E-state index contributed by atoms with van der Waals surface area (Å²) >= 11 is 5.99. The van der Waals surface area contributed by atoms with Gasteiger partial charge in [0.25, 0.3) is 0 Å². The van der Waals surface area contributed by atoms with Crippen LogP contribution in [0, 0.1) is 6.92 Å².